The van der Waals surface area contributed by atoms with Crippen molar-refractivity contribution in [3.05, 3.63) is 53.1 Å². The van der Waals surface area contributed by atoms with Crippen molar-refractivity contribution in [2.75, 3.05) is 27.9 Å². The average molecular weight is 387 g/mol. The second-order valence-electron chi connectivity index (χ2n) is 6.77. The van der Waals surface area contributed by atoms with Crippen molar-refractivity contribution in [1.82, 2.24) is 0 Å². The summed E-state index contributed by atoms with van der Waals surface area (Å²) in [5.74, 6) is -1.76. The van der Waals surface area contributed by atoms with E-state index >= 15 is 0 Å². The van der Waals surface area contributed by atoms with E-state index in [9.17, 15) is 15.0 Å². The van der Waals surface area contributed by atoms with Gasteiger partial charge in [-0.25, -0.2) is 0 Å². The Balaban J connectivity index is 2.28. The maximum atomic E-state index is 12.2. The highest BCUT2D eigenvalue weighted by atomic mass is 16.5. The molecule has 0 bridgehead atoms. The molecule has 0 radical (unpaired) electrons. The first kappa shape index (κ1) is 20.0. The Morgan fingerprint density at radius 1 is 1.04 bits per heavy atom. The largest absolute Gasteiger partial charge is 0.493 e. The van der Waals surface area contributed by atoms with Gasteiger partial charge in [0.15, 0.2) is 11.5 Å². The number of benzene rings is 2. The van der Waals surface area contributed by atoms with E-state index < -0.39 is 29.8 Å². The number of carboxylic acids is 1. The fraction of sp³-hybridized carbons (Fsp3) is 0.381. The molecule has 7 heteroatoms. The van der Waals surface area contributed by atoms with Crippen LogP contribution >= 0.6 is 0 Å². The van der Waals surface area contributed by atoms with E-state index in [0.717, 1.165) is 5.56 Å². The molecule has 0 heterocycles. The molecule has 3 rings (SSSR count). The summed E-state index contributed by atoms with van der Waals surface area (Å²) in [5, 5.41) is 20.8. The number of aliphatic hydroxyl groups excluding tert-OH is 1. The van der Waals surface area contributed by atoms with Crippen LogP contribution in [0.2, 0.25) is 0 Å². The maximum Gasteiger partial charge on any atom is 0.307 e. The fourth-order valence-electron chi connectivity index (χ4n) is 4.20. The number of fused-ring (bicyclic) bond motifs is 1. The Morgan fingerprint density at radius 2 is 1.61 bits per heavy atom. The number of rotatable bonds is 6. The van der Waals surface area contributed by atoms with Gasteiger partial charge < -0.3 is 30.2 Å². The van der Waals surface area contributed by atoms with Gasteiger partial charge in [-0.2, -0.15) is 0 Å². The smallest absolute Gasteiger partial charge is 0.307 e. The van der Waals surface area contributed by atoms with Gasteiger partial charge in [0.05, 0.1) is 33.4 Å². The molecule has 7 nitrogen and oxygen atoms in total. The molecule has 0 fully saturated rings. The molecule has 0 aliphatic heterocycles. The molecule has 2 aromatic rings. The SMILES string of the molecule is COc1cc([C@H]2c3ccccc3[C@H](O)[C@H](CN)[C@H]2C(=O)O)cc(OC)c1OC. The topological polar surface area (TPSA) is 111 Å². The average Bonchev–Trinajstić information content (AvgIpc) is 2.72. The second-order valence-corrected chi connectivity index (χ2v) is 6.77. The number of aliphatic carboxylic acids is 1. The Bertz CT molecular complexity index is 843. The normalized spacial score (nSPS) is 23.6. The quantitative estimate of drug-likeness (QED) is 0.696. The van der Waals surface area contributed by atoms with Crippen LogP contribution in [0.3, 0.4) is 0 Å². The summed E-state index contributed by atoms with van der Waals surface area (Å²) in [6.45, 7) is 0.0490. The molecule has 1 aliphatic rings. The van der Waals surface area contributed by atoms with E-state index in [0.29, 0.717) is 28.4 Å². The van der Waals surface area contributed by atoms with Crippen LogP contribution in [0.1, 0.15) is 28.7 Å². The van der Waals surface area contributed by atoms with E-state index in [1.807, 2.05) is 24.3 Å². The van der Waals surface area contributed by atoms with Crippen molar-refractivity contribution < 1.29 is 29.2 Å². The fourth-order valence-corrected chi connectivity index (χ4v) is 4.20. The Kier molecular flexibility index (Phi) is 5.76. The number of methoxy groups -OCH3 is 3. The van der Waals surface area contributed by atoms with Crippen molar-refractivity contribution in [2.24, 2.45) is 17.6 Å². The molecule has 4 atom stereocenters. The van der Waals surface area contributed by atoms with Gasteiger partial charge in [0.1, 0.15) is 0 Å². The lowest BCUT2D eigenvalue weighted by Gasteiger charge is -2.40. The molecule has 28 heavy (non-hydrogen) atoms. The van der Waals surface area contributed by atoms with Gasteiger partial charge in [-0.1, -0.05) is 24.3 Å². The maximum absolute atomic E-state index is 12.2. The Labute approximate surface area is 163 Å². The number of hydrogen-bond donors (Lipinski definition) is 3. The summed E-state index contributed by atoms with van der Waals surface area (Å²) in [7, 11) is 4.53. The van der Waals surface area contributed by atoms with E-state index in [2.05, 4.69) is 0 Å². The zero-order chi connectivity index (χ0) is 20.4. The second kappa shape index (κ2) is 8.08. The van der Waals surface area contributed by atoms with Gasteiger partial charge in [-0.15, -0.1) is 0 Å². The number of ether oxygens (including phenoxy) is 3. The summed E-state index contributed by atoms with van der Waals surface area (Å²) >= 11 is 0. The molecule has 0 aromatic heterocycles. The van der Waals surface area contributed by atoms with Crippen molar-refractivity contribution in [2.45, 2.75) is 12.0 Å². The Hall–Kier alpha value is -2.77. The summed E-state index contributed by atoms with van der Waals surface area (Å²) in [5.41, 5.74) is 8.02. The monoisotopic (exact) mass is 387 g/mol. The van der Waals surface area contributed by atoms with Gasteiger partial charge in [-0.05, 0) is 35.4 Å². The van der Waals surface area contributed by atoms with Crippen molar-refractivity contribution >= 4 is 5.97 Å². The number of hydrogen-bond acceptors (Lipinski definition) is 6. The van der Waals surface area contributed by atoms with Gasteiger partial charge in [0.2, 0.25) is 5.75 Å². The lowest BCUT2D eigenvalue weighted by molar-refractivity contribution is -0.146. The van der Waals surface area contributed by atoms with Crippen LogP contribution in [0.15, 0.2) is 36.4 Å². The summed E-state index contributed by atoms with van der Waals surface area (Å²) < 4.78 is 16.3. The molecule has 0 spiro atoms. The summed E-state index contributed by atoms with van der Waals surface area (Å²) in [4.78, 5) is 12.2. The van der Waals surface area contributed by atoms with Crippen LogP contribution in [-0.4, -0.2) is 44.1 Å². The first-order valence-electron chi connectivity index (χ1n) is 8.98. The predicted octanol–water partition coefficient (Wildman–Crippen LogP) is 2.17. The molecule has 0 amide bonds. The number of carboxylic acid groups (broad SMARTS) is 1. The first-order chi connectivity index (χ1) is 13.5. The Morgan fingerprint density at radius 3 is 2.07 bits per heavy atom. The molecular weight excluding hydrogens is 362 g/mol. The lowest BCUT2D eigenvalue weighted by Crippen LogP contribution is -2.42. The molecule has 0 saturated carbocycles. The molecule has 1 aliphatic carbocycles. The van der Waals surface area contributed by atoms with Gasteiger partial charge in [0.25, 0.3) is 0 Å². The number of aliphatic hydroxyl groups is 1. The van der Waals surface area contributed by atoms with Crippen LogP contribution in [0.5, 0.6) is 17.2 Å². The van der Waals surface area contributed by atoms with E-state index in [-0.39, 0.29) is 6.54 Å². The van der Waals surface area contributed by atoms with Crippen LogP contribution in [-0.2, 0) is 4.79 Å². The van der Waals surface area contributed by atoms with Gasteiger partial charge >= 0.3 is 5.97 Å². The number of carbonyl (C=O) groups is 1. The molecule has 4 N–H and O–H groups in total. The summed E-state index contributed by atoms with van der Waals surface area (Å²) in [6.07, 6.45) is -0.944. The summed E-state index contributed by atoms with van der Waals surface area (Å²) in [6, 6.07) is 10.8. The van der Waals surface area contributed by atoms with Gasteiger partial charge in [-0.3, -0.25) is 4.79 Å². The van der Waals surface area contributed by atoms with Crippen LogP contribution in [0.4, 0.5) is 0 Å². The third kappa shape index (κ3) is 3.16. The third-order valence-corrected chi connectivity index (χ3v) is 5.48. The van der Waals surface area contributed by atoms with Crippen molar-refractivity contribution in [3.8, 4) is 17.2 Å². The zero-order valence-corrected chi connectivity index (χ0v) is 16.1. The number of nitrogens with two attached hydrogens (primary N) is 1. The molecule has 0 saturated heterocycles. The molecule has 2 aromatic carbocycles. The highest BCUT2D eigenvalue weighted by Gasteiger charge is 2.46. The lowest BCUT2D eigenvalue weighted by atomic mass is 9.65. The molecular formula is C21H25NO6. The van der Waals surface area contributed by atoms with Crippen LogP contribution in [0, 0.1) is 11.8 Å². The van der Waals surface area contributed by atoms with Crippen molar-refractivity contribution in [1.29, 1.82) is 0 Å². The van der Waals surface area contributed by atoms with E-state index in [1.54, 1.807) is 12.1 Å². The van der Waals surface area contributed by atoms with E-state index in [1.165, 1.54) is 21.3 Å². The first-order valence-corrected chi connectivity index (χ1v) is 8.98. The molecule has 0 unspecified atom stereocenters. The van der Waals surface area contributed by atoms with Gasteiger partial charge in [0, 0.05) is 11.8 Å². The predicted molar refractivity (Wildman–Crippen MR) is 103 cm³/mol. The third-order valence-electron chi connectivity index (χ3n) is 5.48. The van der Waals surface area contributed by atoms with E-state index in [4.69, 9.17) is 19.9 Å². The van der Waals surface area contributed by atoms with Crippen LogP contribution in [0.25, 0.3) is 0 Å². The van der Waals surface area contributed by atoms with Crippen LogP contribution < -0.4 is 19.9 Å². The zero-order valence-electron chi connectivity index (χ0n) is 16.1. The molecule has 150 valence electrons. The minimum absolute atomic E-state index is 0.0490. The minimum Gasteiger partial charge on any atom is -0.493 e. The minimum atomic E-state index is -1.01. The highest BCUT2D eigenvalue weighted by molar-refractivity contribution is 5.74. The standard InChI is InChI=1S/C21H25NO6/c1-26-15-8-11(9-16(27-2)20(15)28-3)17-12-6-4-5-7-13(12)19(23)14(10-22)18(17)21(24)25/h4-9,14,17-19,23H,10,22H2,1-3H3,(H,24,25)/t14-,17+,18-,19+/m1/s1. The van der Waals surface area contributed by atoms with Crippen molar-refractivity contribution in [3.63, 3.8) is 0 Å². The highest BCUT2D eigenvalue weighted by Crippen LogP contribution is 2.50.